The van der Waals surface area contributed by atoms with Gasteiger partial charge in [-0.1, -0.05) is 41.6 Å². The van der Waals surface area contributed by atoms with E-state index in [0.717, 1.165) is 19.3 Å². The van der Waals surface area contributed by atoms with Gasteiger partial charge in [0.05, 0.1) is 6.10 Å². The van der Waals surface area contributed by atoms with E-state index in [1.54, 1.807) is 0 Å². The van der Waals surface area contributed by atoms with Gasteiger partial charge in [0.2, 0.25) is 0 Å². The van der Waals surface area contributed by atoms with Crippen LogP contribution >= 0.6 is 15.9 Å². The highest BCUT2D eigenvalue weighted by Crippen LogP contribution is 2.26. The maximum Gasteiger partial charge on any atom is 0.389 e. The quantitative estimate of drug-likeness (QED) is 0.533. The molecule has 1 saturated carbocycles. The smallest absolute Gasteiger partial charge is 0.377 e. The molecule has 0 radical (unpaired) electrons. The van der Waals surface area contributed by atoms with E-state index in [2.05, 4.69) is 15.9 Å². The maximum absolute atomic E-state index is 12.0. The van der Waals surface area contributed by atoms with E-state index in [1.807, 2.05) is 0 Å². The van der Waals surface area contributed by atoms with Crippen molar-refractivity contribution in [1.82, 2.24) is 0 Å². The van der Waals surface area contributed by atoms with Crippen molar-refractivity contribution in [3.05, 3.63) is 0 Å². The topological polar surface area (TPSA) is 9.23 Å². The number of rotatable bonds is 4. The molecule has 5 heteroatoms. The predicted molar refractivity (Wildman–Crippen MR) is 65.4 cm³/mol. The lowest BCUT2D eigenvalue weighted by molar-refractivity contribution is -0.139. The van der Waals surface area contributed by atoms with Crippen molar-refractivity contribution in [3.8, 4) is 0 Å². The zero-order valence-electron chi connectivity index (χ0n) is 9.94. The fraction of sp³-hybridized carbons (Fsp3) is 1.00. The predicted octanol–water partition coefficient (Wildman–Crippen LogP) is 4.83. The maximum atomic E-state index is 12.0. The molecule has 1 aliphatic carbocycles. The first-order valence-corrected chi connectivity index (χ1v) is 7.23. The van der Waals surface area contributed by atoms with E-state index in [9.17, 15) is 13.2 Å². The van der Waals surface area contributed by atoms with Crippen molar-refractivity contribution in [2.24, 2.45) is 0 Å². The van der Waals surface area contributed by atoms with Crippen LogP contribution in [0.15, 0.2) is 0 Å². The van der Waals surface area contributed by atoms with Gasteiger partial charge in [-0.25, -0.2) is 0 Å². The molecule has 0 heterocycles. The van der Waals surface area contributed by atoms with Gasteiger partial charge in [-0.3, -0.25) is 0 Å². The van der Waals surface area contributed by atoms with Gasteiger partial charge < -0.3 is 4.74 Å². The standard InChI is InChI=1S/C12H20BrF3O/c13-10-6-3-1-2-4-7-11(10)17-9-5-8-12(14,15)16/h10-11H,1-9H2. The summed E-state index contributed by atoms with van der Waals surface area (Å²) in [5, 5.41) is 0. The Hall–Kier alpha value is 0.230. The Bertz CT molecular complexity index is 208. The monoisotopic (exact) mass is 316 g/mol. The third-order valence-electron chi connectivity index (χ3n) is 3.06. The molecule has 1 nitrogen and oxygen atoms in total. The Kier molecular flexibility index (Phi) is 6.85. The van der Waals surface area contributed by atoms with Gasteiger partial charge in [0.25, 0.3) is 0 Å². The molecule has 0 aromatic carbocycles. The summed E-state index contributed by atoms with van der Waals surface area (Å²) in [4.78, 5) is 0.300. The van der Waals surface area contributed by atoms with Crippen LogP contribution in [0.1, 0.15) is 51.4 Å². The molecule has 0 N–H and O–H groups in total. The molecule has 17 heavy (non-hydrogen) atoms. The highest BCUT2D eigenvalue weighted by Gasteiger charge is 2.27. The Morgan fingerprint density at radius 2 is 1.71 bits per heavy atom. The van der Waals surface area contributed by atoms with Crippen molar-refractivity contribution in [2.75, 3.05) is 6.61 Å². The summed E-state index contributed by atoms with van der Waals surface area (Å²) in [5.41, 5.74) is 0. The van der Waals surface area contributed by atoms with Gasteiger partial charge in [0, 0.05) is 17.9 Å². The average molecular weight is 317 g/mol. The van der Waals surface area contributed by atoms with Gasteiger partial charge in [-0.2, -0.15) is 13.2 Å². The summed E-state index contributed by atoms with van der Waals surface area (Å²) in [6.45, 7) is 0.215. The highest BCUT2D eigenvalue weighted by atomic mass is 79.9. The summed E-state index contributed by atoms with van der Waals surface area (Å²) < 4.78 is 41.4. The lowest BCUT2D eigenvalue weighted by Gasteiger charge is -2.25. The summed E-state index contributed by atoms with van der Waals surface area (Å²) >= 11 is 3.58. The van der Waals surface area contributed by atoms with Crippen LogP contribution in [0.2, 0.25) is 0 Å². The molecule has 0 aliphatic heterocycles. The first-order chi connectivity index (χ1) is 7.99. The van der Waals surface area contributed by atoms with Crippen LogP contribution in [-0.2, 0) is 4.74 Å². The van der Waals surface area contributed by atoms with E-state index < -0.39 is 12.6 Å². The zero-order valence-corrected chi connectivity index (χ0v) is 11.5. The van der Waals surface area contributed by atoms with Gasteiger partial charge >= 0.3 is 6.18 Å². The molecule has 102 valence electrons. The van der Waals surface area contributed by atoms with Gasteiger partial charge in [0.15, 0.2) is 0 Å². The highest BCUT2D eigenvalue weighted by molar-refractivity contribution is 9.09. The second-order valence-corrected chi connectivity index (χ2v) is 5.81. The average Bonchev–Trinajstić information content (AvgIpc) is 2.20. The van der Waals surface area contributed by atoms with E-state index in [1.165, 1.54) is 19.3 Å². The van der Waals surface area contributed by atoms with Crippen LogP contribution in [0.4, 0.5) is 13.2 Å². The fourth-order valence-electron chi connectivity index (χ4n) is 2.10. The molecule has 0 saturated heterocycles. The molecule has 0 aromatic heterocycles. The van der Waals surface area contributed by atoms with Crippen LogP contribution in [0, 0.1) is 0 Å². The largest absolute Gasteiger partial charge is 0.389 e. The number of hydrogen-bond donors (Lipinski definition) is 0. The van der Waals surface area contributed by atoms with Crippen molar-refractivity contribution >= 4 is 15.9 Å². The van der Waals surface area contributed by atoms with Crippen LogP contribution in [-0.4, -0.2) is 23.7 Å². The van der Waals surface area contributed by atoms with Gasteiger partial charge in [0.1, 0.15) is 0 Å². The van der Waals surface area contributed by atoms with E-state index in [4.69, 9.17) is 4.74 Å². The Labute approximate surface area is 109 Å². The summed E-state index contributed by atoms with van der Waals surface area (Å²) in [5.74, 6) is 0. The Balaban J connectivity index is 2.19. The number of ether oxygens (including phenoxy) is 1. The van der Waals surface area contributed by atoms with E-state index in [-0.39, 0.29) is 19.1 Å². The zero-order chi connectivity index (χ0) is 12.7. The lowest BCUT2D eigenvalue weighted by Crippen LogP contribution is -2.26. The molecular weight excluding hydrogens is 297 g/mol. The fourth-order valence-corrected chi connectivity index (χ4v) is 2.84. The van der Waals surface area contributed by atoms with Crippen LogP contribution in [0.25, 0.3) is 0 Å². The molecule has 1 rings (SSSR count). The molecule has 0 amide bonds. The summed E-state index contributed by atoms with van der Waals surface area (Å²) in [6.07, 6.45) is 2.13. The minimum absolute atomic E-state index is 0.0692. The Morgan fingerprint density at radius 1 is 1.06 bits per heavy atom. The molecule has 1 aliphatic rings. The van der Waals surface area contributed by atoms with Crippen LogP contribution in [0.3, 0.4) is 0 Å². The van der Waals surface area contributed by atoms with E-state index >= 15 is 0 Å². The molecule has 1 fully saturated rings. The van der Waals surface area contributed by atoms with E-state index in [0.29, 0.717) is 4.83 Å². The van der Waals surface area contributed by atoms with Gasteiger partial charge in [-0.05, 0) is 19.3 Å². The molecule has 0 aromatic rings. The second-order valence-electron chi connectivity index (χ2n) is 4.64. The van der Waals surface area contributed by atoms with Crippen molar-refractivity contribution in [1.29, 1.82) is 0 Å². The Morgan fingerprint density at radius 3 is 2.35 bits per heavy atom. The number of hydrogen-bond acceptors (Lipinski definition) is 1. The number of alkyl halides is 4. The molecule has 2 atom stereocenters. The molecule has 0 spiro atoms. The van der Waals surface area contributed by atoms with Crippen molar-refractivity contribution < 1.29 is 17.9 Å². The van der Waals surface area contributed by atoms with Crippen molar-refractivity contribution in [2.45, 2.75) is 68.5 Å². The minimum atomic E-state index is -4.06. The SMILES string of the molecule is FC(F)(F)CCCOC1CCCCCCC1Br. The van der Waals surface area contributed by atoms with Crippen LogP contribution in [0.5, 0.6) is 0 Å². The summed E-state index contributed by atoms with van der Waals surface area (Å²) in [6, 6.07) is 0. The van der Waals surface area contributed by atoms with Gasteiger partial charge in [-0.15, -0.1) is 0 Å². The first-order valence-electron chi connectivity index (χ1n) is 6.31. The number of halogens is 4. The van der Waals surface area contributed by atoms with Crippen molar-refractivity contribution in [3.63, 3.8) is 0 Å². The lowest BCUT2D eigenvalue weighted by atomic mass is 9.98. The first kappa shape index (κ1) is 15.3. The molecular formula is C12H20BrF3O. The molecule has 2 unspecified atom stereocenters. The third-order valence-corrected chi connectivity index (χ3v) is 4.11. The summed E-state index contributed by atoms with van der Waals surface area (Å²) in [7, 11) is 0. The second kappa shape index (κ2) is 7.62. The minimum Gasteiger partial charge on any atom is -0.377 e. The molecule has 0 bridgehead atoms. The third kappa shape index (κ3) is 7.29. The van der Waals surface area contributed by atoms with Crippen LogP contribution < -0.4 is 0 Å². The normalized spacial score (nSPS) is 27.5.